The lowest BCUT2D eigenvalue weighted by molar-refractivity contribution is 0.172. The predicted octanol–water partition coefficient (Wildman–Crippen LogP) is 3.16. The number of benzene rings is 1. The highest BCUT2D eigenvalue weighted by Gasteiger charge is 2.38. The van der Waals surface area contributed by atoms with Crippen LogP contribution < -0.4 is 4.48 Å². The molecule has 21 heavy (non-hydrogen) atoms. The first kappa shape index (κ1) is 16.2. The van der Waals surface area contributed by atoms with Gasteiger partial charge < -0.3 is 0 Å². The summed E-state index contributed by atoms with van der Waals surface area (Å²) >= 11 is 0. The van der Waals surface area contributed by atoms with Crippen LogP contribution in [0.25, 0.3) is 0 Å². The van der Waals surface area contributed by atoms with E-state index in [1.807, 2.05) is 18.2 Å². The van der Waals surface area contributed by atoms with E-state index in [1.165, 1.54) is 6.07 Å². The topological polar surface area (TPSA) is 54.4 Å². The summed E-state index contributed by atoms with van der Waals surface area (Å²) < 4.78 is 32.6. The van der Waals surface area contributed by atoms with Gasteiger partial charge in [-0.25, -0.2) is 0 Å². The van der Waals surface area contributed by atoms with E-state index in [4.69, 9.17) is 0 Å². The lowest BCUT2D eigenvalue weighted by Gasteiger charge is -2.45. The van der Waals surface area contributed by atoms with Gasteiger partial charge in [0.05, 0.1) is 24.5 Å². The highest BCUT2D eigenvalue weighted by Crippen LogP contribution is 2.35. The summed E-state index contributed by atoms with van der Waals surface area (Å²) in [5.74, 6) is 0.479. The molecule has 1 saturated heterocycles. The van der Waals surface area contributed by atoms with Gasteiger partial charge in [-0.2, -0.15) is 8.42 Å². The van der Waals surface area contributed by atoms with E-state index < -0.39 is 10.1 Å². The Morgan fingerprint density at radius 3 is 2.57 bits per heavy atom. The number of hydrogen-bond donors (Lipinski definition) is 1. The van der Waals surface area contributed by atoms with Crippen molar-refractivity contribution in [1.82, 2.24) is 4.48 Å². The Kier molecular flexibility index (Phi) is 4.29. The second kappa shape index (κ2) is 5.55. The molecule has 1 aromatic rings. The van der Waals surface area contributed by atoms with Crippen molar-refractivity contribution in [3.8, 4) is 0 Å². The van der Waals surface area contributed by atoms with Crippen LogP contribution in [0.4, 0.5) is 5.69 Å². The molecule has 116 valence electrons. The Balaban J connectivity index is 2.45. The maximum absolute atomic E-state index is 11.3. The van der Waals surface area contributed by atoms with E-state index in [9.17, 15) is 13.0 Å². The van der Waals surface area contributed by atoms with Gasteiger partial charge in [0.15, 0.2) is 0 Å². The quantitative estimate of drug-likeness (QED) is 0.530. The average Bonchev–Trinajstić information content (AvgIpc) is 2.40. The summed E-state index contributed by atoms with van der Waals surface area (Å²) in [6.45, 7) is 8.83. The molecule has 4 nitrogen and oxygen atoms in total. The van der Waals surface area contributed by atoms with Crippen molar-refractivity contribution < 1.29 is 13.0 Å². The van der Waals surface area contributed by atoms with Gasteiger partial charge in [0.2, 0.25) is 0 Å². The predicted molar refractivity (Wildman–Crippen MR) is 86.0 cm³/mol. The molecule has 5 heteroatoms. The Bertz CT molecular complexity index is 653. The molecule has 0 bridgehead atoms. The zero-order valence-corrected chi connectivity index (χ0v) is 13.7. The van der Waals surface area contributed by atoms with Crippen molar-refractivity contribution in [2.75, 3.05) is 13.6 Å². The molecule has 1 fully saturated rings. The molecule has 1 aromatic carbocycles. The zero-order valence-electron chi connectivity index (χ0n) is 12.9. The standard InChI is InChI=1S/C16H23NO3S/c1-5-14-7-6-13(3)17(4,11-14)15-8-9-16(12(2)10-15)21(18,19)20/h5,8-10,13-14H,1,6-7,11H2,2-4H3/p+1. The van der Waals surface area contributed by atoms with Gasteiger partial charge in [0.1, 0.15) is 5.69 Å². The largest absolute Gasteiger partial charge is 0.294 e. The molecule has 3 unspecified atom stereocenters. The smallest absolute Gasteiger partial charge is 0.291 e. The third-order valence-electron chi connectivity index (χ3n) is 4.90. The van der Waals surface area contributed by atoms with E-state index in [1.54, 1.807) is 6.92 Å². The fourth-order valence-corrected chi connectivity index (χ4v) is 4.00. The molecule has 0 spiro atoms. The van der Waals surface area contributed by atoms with Crippen molar-refractivity contribution in [2.45, 2.75) is 37.6 Å². The molecule has 1 aliphatic heterocycles. The van der Waals surface area contributed by atoms with Crippen molar-refractivity contribution in [3.63, 3.8) is 0 Å². The van der Waals surface area contributed by atoms with E-state index >= 15 is 0 Å². The van der Waals surface area contributed by atoms with Crippen LogP contribution in [0.5, 0.6) is 0 Å². The molecule has 0 saturated carbocycles. The summed E-state index contributed by atoms with van der Waals surface area (Å²) in [7, 11) is -1.97. The summed E-state index contributed by atoms with van der Waals surface area (Å²) in [6, 6.07) is 5.67. The molecular weight excluding hydrogens is 286 g/mol. The van der Waals surface area contributed by atoms with E-state index in [2.05, 4.69) is 20.6 Å². The monoisotopic (exact) mass is 310 g/mol. The van der Waals surface area contributed by atoms with Crippen molar-refractivity contribution in [3.05, 3.63) is 36.4 Å². The van der Waals surface area contributed by atoms with Gasteiger partial charge >= 0.3 is 0 Å². The molecular formula is C16H24NO3S+. The van der Waals surface area contributed by atoms with Crippen LogP contribution in [0.3, 0.4) is 0 Å². The minimum absolute atomic E-state index is 0.0113. The van der Waals surface area contributed by atoms with E-state index in [0.717, 1.165) is 29.6 Å². The number of hydrogen-bond acceptors (Lipinski definition) is 2. The number of aryl methyl sites for hydroxylation is 1. The summed E-state index contributed by atoms with van der Waals surface area (Å²) in [6.07, 6.45) is 4.29. The highest BCUT2D eigenvalue weighted by molar-refractivity contribution is 7.85. The maximum Gasteiger partial charge on any atom is 0.294 e. The van der Waals surface area contributed by atoms with Gasteiger partial charge in [-0.15, -0.1) is 6.58 Å². The van der Waals surface area contributed by atoms with Crippen molar-refractivity contribution in [1.29, 1.82) is 0 Å². The second-order valence-corrected chi connectivity index (χ2v) is 7.69. The lowest BCUT2D eigenvalue weighted by atomic mass is 9.90. The first-order valence-corrected chi connectivity index (χ1v) is 8.69. The lowest BCUT2D eigenvalue weighted by Crippen LogP contribution is -2.57. The first-order valence-electron chi connectivity index (χ1n) is 7.25. The van der Waals surface area contributed by atoms with Crippen LogP contribution in [-0.2, 0) is 10.1 Å². The average molecular weight is 310 g/mol. The molecule has 1 heterocycles. The first-order chi connectivity index (χ1) is 9.68. The number of likely N-dealkylation sites (tertiary alicyclic amines) is 1. The minimum Gasteiger partial charge on any atom is -0.291 e. The molecule has 0 radical (unpaired) electrons. The van der Waals surface area contributed by atoms with Gasteiger partial charge in [-0.3, -0.25) is 9.04 Å². The summed E-state index contributed by atoms with van der Waals surface area (Å²) in [5, 5.41) is 0. The molecule has 1 aliphatic rings. The Hall–Kier alpha value is -1.17. The molecule has 2 rings (SSSR count). The Morgan fingerprint density at radius 1 is 1.38 bits per heavy atom. The van der Waals surface area contributed by atoms with Crippen LogP contribution in [0.1, 0.15) is 25.3 Å². The van der Waals surface area contributed by atoms with Crippen LogP contribution in [0.15, 0.2) is 35.7 Å². The SMILES string of the molecule is C=CC1CCC(C)[N+](C)(c2ccc(S(=O)(=O)O)c(C)c2)C1. The fraction of sp³-hybridized carbons (Fsp3) is 0.500. The second-order valence-electron chi connectivity index (χ2n) is 6.30. The normalized spacial score (nSPS) is 30.1. The third kappa shape index (κ3) is 3.05. The summed E-state index contributed by atoms with van der Waals surface area (Å²) in [4.78, 5) is -0.0113. The fourth-order valence-electron chi connectivity index (χ4n) is 3.29. The molecule has 3 atom stereocenters. The maximum atomic E-state index is 11.3. The Labute approximate surface area is 127 Å². The van der Waals surface area contributed by atoms with Crippen molar-refractivity contribution in [2.24, 2.45) is 5.92 Å². The highest BCUT2D eigenvalue weighted by atomic mass is 32.2. The zero-order chi connectivity index (χ0) is 15.8. The van der Waals surface area contributed by atoms with Gasteiger partial charge in [-0.1, -0.05) is 6.08 Å². The van der Waals surface area contributed by atoms with Gasteiger partial charge in [-0.05, 0) is 31.9 Å². The minimum atomic E-state index is -4.15. The van der Waals surface area contributed by atoms with Gasteiger partial charge in [0, 0.05) is 24.5 Å². The van der Waals surface area contributed by atoms with Gasteiger partial charge in [0.25, 0.3) is 10.1 Å². The van der Waals surface area contributed by atoms with Crippen LogP contribution in [-0.4, -0.2) is 32.6 Å². The number of piperidine rings is 1. The number of nitrogens with zero attached hydrogens (tertiary/aromatic N) is 1. The molecule has 0 amide bonds. The van der Waals surface area contributed by atoms with E-state index in [0.29, 0.717) is 17.5 Å². The van der Waals surface area contributed by atoms with Crippen LogP contribution in [0, 0.1) is 12.8 Å². The van der Waals surface area contributed by atoms with Crippen molar-refractivity contribution >= 4 is 15.8 Å². The third-order valence-corrected chi connectivity index (χ3v) is 5.92. The number of rotatable bonds is 3. The molecule has 0 aliphatic carbocycles. The van der Waals surface area contributed by atoms with Crippen LogP contribution in [0.2, 0.25) is 0 Å². The Morgan fingerprint density at radius 2 is 2.05 bits per heavy atom. The number of quaternary nitrogens is 1. The molecule has 1 N–H and O–H groups in total. The van der Waals surface area contributed by atoms with Crippen LogP contribution >= 0.6 is 0 Å². The molecule has 0 aromatic heterocycles. The van der Waals surface area contributed by atoms with E-state index in [-0.39, 0.29) is 4.90 Å². The summed E-state index contributed by atoms with van der Waals surface area (Å²) in [5.41, 5.74) is 1.67.